The molecule has 0 saturated heterocycles. The van der Waals surface area contributed by atoms with Gasteiger partial charge in [0.05, 0.1) is 19.8 Å². The fourth-order valence-electron chi connectivity index (χ4n) is 1.58. The van der Waals surface area contributed by atoms with E-state index in [2.05, 4.69) is 4.74 Å². The van der Waals surface area contributed by atoms with Crippen LogP contribution in [-0.2, 0) is 4.74 Å². The summed E-state index contributed by atoms with van der Waals surface area (Å²) in [6.45, 7) is 0.365. The summed E-state index contributed by atoms with van der Waals surface area (Å²) in [6.07, 6.45) is -4.32. The molecule has 6 heteroatoms. The third-order valence-corrected chi connectivity index (χ3v) is 2.44. The van der Waals surface area contributed by atoms with Crippen molar-refractivity contribution in [2.75, 3.05) is 20.3 Å². The van der Waals surface area contributed by atoms with Crippen molar-refractivity contribution in [3.8, 4) is 5.75 Å². The minimum absolute atomic E-state index is 0.174. The third-order valence-electron chi connectivity index (χ3n) is 2.44. The van der Waals surface area contributed by atoms with Gasteiger partial charge in [-0.15, -0.1) is 0 Å². The van der Waals surface area contributed by atoms with E-state index in [-0.39, 0.29) is 6.61 Å². The Labute approximate surface area is 104 Å². The lowest BCUT2D eigenvalue weighted by molar-refractivity contribution is -0.174. The molecule has 0 saturated carbocycles. The van der Waals surface area contributed by atoms with Crippen LogP contribution >= 0.6 is 0 Å². The van der Waals surface area contributed by atoms with Crippen LogP contribution < -0.4 is 10.5 Å². The van der Waals surface area contributed by atoms with Crippen molar-refractivity contribution in [2.45, 2.75) is 19.1 Å². The van der Waals surface area contributed by atoms with Crippen LogP contribution in [0, 0.1) is 6.92 Å². The molecule has 0 fully saturated rings. The molecule has 102 valence electrons. The predicted octanol–water partition coefficient (Wildman–Crippen LogP) is 2.58. The highest BCUT2D eigenvalue weighted by Crippen LogP contribution is 2.22. The number of rotatable bonds is 5. The van der Waals surface area contributed by atoms with Crippen LogP contribution in [-0.4, -0.2) is 26.5 Å². The lowest BCUT2D eigenvalue weighted by atomic mass is 10.0. The standard InChI is InChI=1S/C12H16F3NO2/c1-8-5-9(17-2)3-4-10(8)11(16)6-18-7-12(13,14)15/h3-5,11H,6-7,16H2,1-2H3. The molecule has 0 spiro atoms. The third kappa shape index (κ3) is 4.54. The summed E-state index contributed by atoms with van der Waals surface area (Å²) >= 11 is 0. The molecule has 2 N–H and O–H groups in total. The highest BCUT2D eigenvalue weighted by Gasteiger charge is 2.27. The second-order valence-corrected chi connectivity index (χ2v) is 3.96. The summed E-state index contributed by atoms with van der Waals surface area (Å²) in [5, 5.41) is 0. The number of aryl methyl sites for hydroxylation is 1. The second-order valence-electron chi connectivity index (χ2n) is 3.96. The first-order valence-corrected chi connectivity index (χ1v) is 5.38. The number of methoxy groups -OCH3 is 1. The van der Waals surface area contributed by atoms with Gasteiger partial charge in [0.1, 0.15) is 12.4 Å². The van der Waals surface area contributed by atoms with Gasteiger partial charge in [-0.3, -0.25) is 0 Å². The van der Waals surface area contributed by atoms with Crippen LogP contribution in [0.3, 0.4) is 0 Å². The minimum atomic E-state index is -4.32. The average Bonchev–Trinajstić information content (AvgIpc) is 2.26. The molecule has 1 aromatic carbocycles. The van der Waals surface area contributed by atoms with Gasteiger partial charge in [-0.1, -0.05) is 6.07 Å². The molecule has 1 atom stereocenters. The molecule has 1 aromatic rings. The summed E-state index contributed by atoms with van der Waals surface area (Å²) in [5.74, 6) is 0.680. The van der Waals surface area contributed by atoms with Crippen LogP contribution in [0.1, 0.15) is 17.2 Å². The maximum atomic E-state index is 11.9. The molecule has 0 radical (unpaired) electrons. The zero-order valence-corrected chi connectivity index (χ0v) is 10.3. The SMILES string of the molecule is COc1ccc(C(N)COCC(F)(F)F)c(C)c1. The number of hydrogen-bond donors (Lipinski definition) is 1. The van der Waals surface area contributed by atoms with E-state index in [9.17, 15) is 13.2 Å². The Morgan fingerprint density at radius 3 is 2.50 bits per heavy atom. The molecular weight excluding hydrogens is 247 g/mol. The van der Waals surface area contributed by atoms with Gasteiger partial charge in [0.15, 0.2) is 0 Å². The van der Waals surface area contributed by atoms with Gasteiger partial charge in [-0.25, -0.2) is 0 Å². The van der Waals surface area contributed by atoms with Gasteiger partial charge >= 0.3 is 6.18 Å². The van der Waals surface area contributed by atoms with Gasteiger partial charge < -0.3 is 15.2 Å². The van der Waals surface area contributed by atoms with Crippen LogP contribution in [0.15, 0.2) is 18.2 Å². The van der Waals surface area contributed by atoms with Crippen molar-refractivity contribution in [2.24, 2.45) is 5.73 Å². The van der Waals surface area contributed by atoms with Crippen molar-refractivity contribution in [3.05, 3.63) is 29.3 Å². The topological polar surface area (TPSA) is 44.5 Å². The number of nitrogens with two attached hydrogens (primary N) is 1. The molecule has 0 aliphatic rings. The molecule has 0 heterocycles. The second kappa shape index (κ2) is 6.06. The number of halogens is 3. The van der Waals surface area contributed by atoms with Gasteiger partial charge in [0.2, 0.25) is 0 Å². The molecule has 0 bridgehead atoms. The highest BCUT2D eigenvalue weighted by atomic mass is 19.4. The lowest BCUT2D eigenvalue weighted by Crippen LogP contribution is -2.23. The molecule has 0 aliphatic carbocycles. The molecule has 18 heavy (non-hydrogen) atoms. The summed E-state index contributed by atoms with van der Waals surface area (Å²) in [7, 11) is 1.54. The quantitative estimate of drug-likeness (QED) is 0.888. The monoisotopic (exact) mass is 263 g/mol. The maximum Gasteiger partial charge on any atom is 0.411 e. The summed E-state index contributed by atoms with van der Waals surface area (Å²) < 4.78 is 45.3. The zero-order chi connectivity index (χ0) is 13.8. The van der Waals surface area contributed by atoms with Gasteiger partial charge in [-0.2, -0.15) is 13.2 Å². The Kier molecular flexibility index (Phi) is 4.98. The first kappa shape index (κ1) is 14.8. The first-order chi connectivity index (χ1) is 8.33. The van der Waals surface area contributed by atoms with Crippen LogP contribution in [0.2, 0.25) is 0 Å². The summed E-state index contributed by atoms with van der Waals surface area (Å²) in [6, 6.07) is 4.64. The molecule has 1 rings (SSSR count). The predicted molar refractivity (Wildman–Crippen MR) is 61.5 cm³/mol. The van der Waals surface area contributed by atoms with E-state index >= 15 is 0 Å². The molecule has 3 nitrogen and oxygen atoms in total. The molecule has 0 amide bonds. The lowest BCUT2D eigenvalue weighted by Gasteiger charge is -2.16. The van der Waals surface area contributed by atoms with Crippen molar-refractivity contribution in [1.29, 1.82) is 0 Å². The normalized spacial score (nSPS) is 13.4. The van der Waals surface area contributed by atoms with Crippen LogP contribution in [0.25, 0.3) is 0 Å². The van der Waals surface area contributed by atoms with E-state index in [1.165, 1.54) is 0 Å². The van der Waals surface area contributed by atoms with Crippen molar-refractivity contribution >= 4 is 0 Å². The van der Waals surface area contributed by atoms with Gasteiger partial charge in [-0.05, 0) is 30.2 Å². The molecule has 1 unspecified atom stereocenters. The van der Waals surface area contributed by atoms with Gasteiger partial charge in [0.25, 0.3) is 0 Å². The van der Waals surface area contributed by atoms with Crippen molar-refractivity contribution in [3.63, 3.8) is 0 Å². The van der Waals surface area contributed by atoms with E-state index in [1.54, 1.807) is 25.3 Å². The number of hydrogen-bond acceptors (Lipinski definition) is 3. The zero-order valence-electron chi connectivity index (χ0n) is 10.3. The van der Waals surface area contributed by atoms with Crippen LogP contribution in [0.4, 0.5) is 13.2 Å². The Balaban J connectivity index is 2.59. The molecular formula is C12H16F3NO2. The Hall–Kier alpha value is -1.27. The van der Waals surface area contributed by atoms with E-state index in [0.29, 0.717) is 5.75 Å². The number of alkyl halides is 3. The fraction of sp³-hybridized carbons (Fsp3) is 0.500. The number of ether oxygens (including phenoxy) is 2. The smallest absolute Gasteiger partial charge is 0.411 e. The van der Waals surface area contributed by atoms with Gasteiger partial charge in [0, 0.05) is 0 Å². The summed E-state index contributed by atoms with van der Waals surface area (Å²) in [4.78, 5) is 0. The first-order valence-electron chi connectivity index (χ1n) is 5.38. The van der Waals surface area contributed by atoms with Crippen molar-refractivity contribution in [1.82, 2.24) is 0 Å². The average molecular weight is 263 g/mol. The van der Waals surface area contributed by atoms with E-state index in [4.69, 9.17) is 10.5 Å². The Bertz CT molecular complexity index is 393. The Morgan fingerprint density at radius 2 is 2.00 bits per heavy atom. The summed E-state index contributed by atoms with van der Waals surface area (Å²) in [5.41, 5.74) is 7.39. The highest BCUT2D eigenvalue weighted by molar-refractivity contribution is 5.36. The Morgan fingerprint density at radius 1 is 1.33 bits per heavy atom. The molecule has 0 aromatic heterocycles. The molecule has 0 aliphatic heterocycles. The largest absolute Gasteiger partial charge is 0.497 e. The van der Waals surface area contributed by atoms with Crippen molar-refractivity contribution < 1.29 is 22.6 Å². The number of benzene rings is 1. The van der Waals surface area contributed by atoms with Crippen LogP contribution in [0.5, 0.6) is 5.75 Å². The minimum Gasteiger partial charge on any atom is -0.497 e. The van der Waals surface area contributed by atoms with E-state index < -0.39 is 18.8 Å². The van der Waals surface area contributed by atoms with E-state index in [0.717, 1.165) is 11.1 Å². The fourth-order valence-corrected chi connectivity index (χ4v) is 1.58. The maximum absolute atomic E-state index is 11.9. The van der Waals surface area contributed by atoms with E-state index in [1.807, 2.05) is 6.92 Å².